The highest BCUT2D eigenvalue weighted by atomic mass is 16.1. The minimum atomic E-state index is -0.0581. The Morgan fingerprint density at radius 1 is 1.12 bits per heavy atom. The molecule has 0 amide bonds. The summed E-state index contributed by atoms with van der Waals surface area (Å²) in [5.74, 6) is 2.08. The van der Waals surface area contributed by atoms with Gasteiger partial charge in [0, 0.05) is 10.8 Å². The third-order valence-corrected chi connectivity index (χ3v) is 6.25. The Labute approximate surface area is 99.0 Å². The molecule has 0 saturated heterocycles. The second kappa shape index (κ2) is 2.73. The van der Waals surface area contributed by atoms with E-state index in [1.165, 1.54) is 25.7 Å². The minimum absolute atomic E-state index is 0.0581. The van der Waals surface area contributed by atoms with Crippen molar-refractivity contribution in [1.29, 1.82) is 0 Å². The van der Waals surface area contributed by atoms with Crippen molar-refractivity contribution < 1.29 is 4.79 Å². The van der Waals surface area contributed by atoms with Crippen LogP contribution in [0.2, 0.25) is 0 Å². The summed E-state index contributed by atoms with van der Waals surface area (Å²) < 4.78 is 0. The van der Waals surface area contributed by atoms with Crippen molar-refractivity contribution in [1.82, 2.24) is 0 Å². The molecule has 0 aromatic carbocycles. The van der Waals surface area contributed by atoms with Gasteiger partial charge in [-0.05, 0) is 49.4 Å². The lowest BCUT2D eigenvalue weighted by Gasteiger charge is -2.36. The third-order valence-electron chi connectivity index (χ3n) is 6.25. The van der Waals surface area contributed by atoms with Gasteiger partial charge in [0.15, 0.2) is 0 Å². The van der Waals surface area contributed by atoms with Crippen molar-refractivity contribution in [2.75, 3.05) is 0 Å². The number of Topliss-reactive ketones (excluding diaryl/α,β-unsaturated/α-hetero) is 1. The van der Waals surface area contributed by atoms with E-state index in [0.29, 0.717) is 17.1 Å². The Kier molecular flexibility index (Phi) is 1.85. The SMILES string of the molecule is C[C@H]1CC[C@]23C(=O)C(C)(C)C[C@@]2(C)CC[C@H]13. The lowest BCUT2D eigenvalue weighted by atomic mass is 9.65. The summed E-state index contributed by atoms with van der Waals surface area (Å²) in [6.45, 7) is 9.11. The van der Waals surface area contributed by atoms with E-state index in [9.17, 15) is 4.79 Å². The fourth-order valence-electron chi connectivity index (χ4n) is 5.77. The maximum Gasteiger partial charge on any atom is 0.145 e. The van der Waals surface area contributed by atoms with Gasteiger partial charge in [0.2, 0.25) is 0 Å². The van der Waals surface area contributed by atoms with Crippen molar-refractivity contribution in [2.45, 2.75) is 59.8 Å². The molecule has 16 heavy (non-hydrogen) atoms. The molecule has 1 nitrogen and oxygen atoms in total. The van der Waals surface area contributed by atoms with Crippen LogP contribution in [0.3, 0.4) is 0 Å². The van der Waals surface area contributed by atoms with E-state index in [1.807, 2.05) is 0 Å². The fraction of sp³-hybridized carbons (Fsp3) is 0.933. The Bertz CT molecular complexity index is 356. The molecule has 3 aliphatic rings. The van der Waals surface area contributed by atoms with Crippen LogP contribution in [0.15, 0.2) is 0 Å². The first kappa shape index (κ1) is 10.8. The average molecular weight is 220 g/mol. The first-order valence-corrected chi connectivity index (χ1v) is 6.88. The van der Waals surface area contributed by atoms with Crippen LogP contribution in [0, 0.1) is 28.1 Å². The molecule has 0 aromatic heterocycles. The molecule has 0 heterocycles. The summed E-state index contributed by atoms with van der Waals surface area (Å²) in [5.41, 5.74) is 0.344. The van der Waals surface area contributed by atoms with Crippen molar-refractivity contribution >= 4 is 5.78 Å². The lowest BCUT2D eigenvalue weighted by molar-refractivity contribution is -0.135. The Balaban J connectivity index is 2.14. The molecule has 3 fully saturated rings. The second-order valence-corrected chi connectivity index (χ2v) is 7.58. The van der Waals surface area contributed by atoms with Gasteiger partial charge in [-0.15, -0.1) is 0 Å². The third kappa shape index (κ3) is 0.926. The molecular formula is C15H24O. The topological polar surface area (TPSA) is 17.1 Å². The van der Waals surface area contributed by atoms with Gasteiger partial charge in [0.1, 0.15) is 5.78 Å². The Morgan fingerprint density at radius 2 is 1.81 bits per heavy atom. The Hall–Kier alpha value is -0.330. The second-order valence-electron chi connectivity index (χ2n) is 7.58. The molecular weight excluding hydrogens is 196 g/mol. The van der Waals surface area contributed by atoms with Crippen molar-refractivity contribution in [3.05, 3.63) is 0 Å². The summed E-state index contributed by atoms with van der Waals surface area (Å²) in [6, 6.07) is 0. The van der Waals surface area contributed by atoms with Crippen LogP contribution in [0.25, 0.3) is 0 Å². The normalized spacial score (nSPS) is 54.1. The maximum absolute atomic E-state index is 12.9. The minimum Gasteiger partial charge on any atom is -0.298 e. The van der Waals surface area contributed by atoms with Gasteiger partial charge in [-0.2, -0.15) is 0 Å². The van der Waals surface area contributed by atoms with Crippen LogP contribution in [-0.2, 0) is 4.79 Å². The van der Waals surface area contributed by atoms with Gasteiger partial charge >= 0.3 is 0 Å². The molecule has 0 N–H and O–H groups in total. The van der Waals surface area contributed by atoms with Crippen molar-refractivity contribution in [2.24, 2.45) is 28.1 Å². The summed E-state index contributed by atoms with van der Waals surface area (Å²) in [4.78, 5) is 12.9. The van der Waals surface area contributed by atoms with Crippen molar-refractivity contribution in [3.8, 4) is 0 Å². The summed E-state index contributed by atoms with van der Waals surface area (Å²) in [5, 5.41) is 0. The summed E-state index contributed by atoms with van der Waals surface area (Å²) >= 11 is 0. The molecule has 3 rings (SSSR count). The van der Waals surface area contributed by atoms with Crippen LogP contribution in [-0.4, -0.2) is 5.78 Å². The number of hydrogen-bond donors (Lipinski definition) is 0. The summed E-state index contributed by atoms with van der Waals surface area (Å²) in [7, 11) is 0. The molecule has 4 atom stereocenters. The smallest absolute Gasteiger partial charge is 0.145 e. The quantitative estimate of drug-likeness (QED) is 0.606. The molecule has 0 bridgehead atoms. The zero-order valence-electron chi connectivity index (χ0n) is 11.1. The number of ketones is 1. The molecule has 0 radical (unpaired) electrons. The van der Waals surface area contributed by atoms with Crippen LogP contribution in [0.4, 0.5) is 0 Å². The molecule has 90 valence electrons. The van der Waals surface area contributed by atoms with E-state index >= 15 is 0 Å². The van der Waals surface area contributed by atoms with Crippen molar-refractivity contribution in [3.63, 3.8) is 0 Å². The molecule has 0 aliphatic heterocycles. The standard InChI is InChI=1S/C15H24O/c1-10-5-8-15-11(10)6-7-14(15,4)9-13(2,3)12(15)16/h10-11H,5-9H2,1-4H3/t10-,11+,14+,15-/m0/s1. The zero-order chi connectivity index (χ0) is 11.8. The number of carbonyl (C=O) groups is 1. The predicted octanol–water partition coefficient (Wildman–Crippen LogP) is 3.82. The van der Waals surface area contributed by atoms with E-state index in [2.05, 4.69) is 27.7 Å². The maximum atomic E-state index is 12.9. The first-order valence-electron chi connectivity index (χ1n) is 6.88. The van der Waals surface area contributed by atoms with Crippen LogP contribution in [0.1, 0.15) is 59.8 Å². The molecule has 0 unspecified atom stereocenters. The first-order chi connectivity index (χ1) is 7.33. The van der Waals surface area contributed by atoms with Gasteiger partial charge in [0.25, 0.3) is 0 Å². The molecule has 3 saturated carbocycles. The molecule has 1 spiro atoms. The number of hydrogen-bond acceptors (Lipinski definition) is 1. The average Bonchev–Trinajstić information content (AvgIpc) is 2.68. The van der Waals surface area contributed by atoms with E-state index in [1.54, 1.807) is 0 Å². The fourth-order valence-corrected chi connectivity index (χ4v) is 5.77. The van der Waals surface area contributed by atoms with Gasteiger partial charge in [-0.25, -0.2) is 0 Å². The van der Waals surface area contributed by atoms with Gasteiger partial charge < -0.3 is 0 Å². The highest BCUT2D eigenvalue weighted by Crippen LogP contribution is 2.73. The molecule has 3 aliphatic carbocycles. The highest BCUT2D eigenvalue weighted by molar-refractivity contribution is 5.94. The lowest BCUT2D eigenvalue weighted by Crippen LogP contribution is -2.39. The zero-order valence-corrected chi connectivity index (χ0v) is 11.1. The monoisotopic (exact) mass is 220 g/mol. The van der Waals surface area contributed by atoms with Gasteiger partial charge in [-0.1, -0.05) is 27.7 Å². The predicted molar refractivity (Wildman–Crippen MR) is 65.1 cm³/mol. The van der Waals surface area contributed by atoms with E-state index < -0.39 is 0 Å². The highest BCUT2D eigenvalue weighted by Gasteiger charge is 2.71. The number of rotatable bonds is 0. The molecule has 0 aromatic rings. The Morgan fingerprint density at radius 3 is 2.50 bits per heavy atom. The van der Waals surface area contributed by atoms with Crippen LogP contribution in [0.5, 0.6) is 0 Å². The summed E-state index contributed by atoms with van der Waals surface area (Å²) in [6.07, 6.45) is 6.18. The van der Waals surface area contributed by atoms with Crippen LogP contribution < -0.4 is 0 Å². The molecule has 1 heteroatoms. The van der Waals surface area contributed by atoms with Crippen LogP contribution >= 0.6 is 0 Å². The van der Waals surface area contributed by atoms with E-state index in [-0.39, 0.29) is 10.8 Å². The van der Waals surface area contributed by atoms with E-state index in [4.69, 9.17) is 0 Å². The van der Waals surface area contributed by atoms with E-state index in [0.717, 1.165) is 12.3 Å². The van der Waals surface area contributed by atoms with Gasteiger partial charge in [-0.3, -0.25) is 4.79 Å². The number of carbonyl (C=O) groups excluding carboxylic acids is 1. The van der Waals surface area contributed by atoms with Gasteiger partial charge in [0.05, 0.1) is 0 Å². The largest absolute Gasteiger partial charge is 0.298 e.